The first-order valence-electron chi connectivity index (χ1n) is 13.9. The zero-order chi connectivity index (χ0) is 28.2. The summed E-state index contributed by atoms with van der Waals surface area (Å²) >= 11 is 1.47. The third kappa shape index (κ3) is 4.67. The van der Waals surface area contributed by atoms with E-state index in [0.717, 1.165) is 39.0 Å². The first-order chi connectivity index (χ1) is 19.2. The quantitative estimate of drug-likeness (QED) is 0.270. The molecule has 15 heteroatoms. The summed E-state index contributed by atoms with van der Waals surface area (Å²) in [4.78, 5) is 55.3. The van der Waals surface area contributed by atoms with Gasteiger partial charge in [0.2, 0.25) is 17.7 Å². The van der Waals surface area contributed by atoms with E-state index in [1.54, 1.807) is 6.92 Å². The van der Waals surface area contributed by atoms with Crippen LogP contribution in [0.25, 0.3) is 0 Å². The number of amides is 3. The summed E-state index contributed by atoms with van der Waals surface area (Å²) in [6.45, 7) is 7.77. The van der Waals surface area contributed by atoms with E-state index in [2.05, 4.69) is 31.5 Å². The van der Waals surface area contributed by atoms with Crippen LogP contribution in [-0.4, -0.2) is 115 Å². The number of tetrazole rings is 1. The van der Waals surface area contributed by atoms with Crippen molar-refractivity contribution in [1.82, 2.24) is 46.0 Å². The van der Waals surface area contributed by atoms with Crippen LogP contribution in [0.15, 0.2) is 16.9 Å². The van der Waals surface area contributed by atoms with Gasteiger partial charge in [0.15, 0.2) is 0 Å². The number of aliphatic carboxylic acids is 1. The normalized spacial score (nSPS) is 34.0. The van der Waals surface area contributed by atoms with Gasteiger partial charge < -0.3 is 30.9 Å². The number of rotatable bonds is 8. The lowest BCUT2D eigenvalue weighted by molar-refractivity contribution is -0.158. The average molecular weight is 574 g/mol. The van der Waals surface area contributed by atoms with E-state index in [9.17, 15) is 24.3 Å². The fourth-order valence-corrected chi connectivity index (χ4v) is 8.61. The minimum absolute atomic E-state index is 0.0196. The molecule has 4 fully saturated rings. The molecule has 0 radical (unpaired) electrons. The molecule has 0 saturated carbocycles. The van der Waals surface area contributed by atoms with Crippen molar-refractivity contribution < 1.29 is 24.3 Å². The van der Waals surface area contributed by atoms with Crippen molar-refractivity contribution in [3.05, 3.63) is 16.9 Å². The Morgan fingerprint density at radius 1 is 1.32 bits per heavy atom. The number of nitrogens with zero attached hydrogens (tertiary/aromatic N) is 6. The van der Waals surface area contributed by atoms with Gasteiger partial charge in [-0.3, -0.25) is 14.4 Å². The van der Waals surface area contributed by atoms with Crippen molar-refractivity contribution in [3.63, 3.8) is 0 Å². The molecule has 2 unspecified atom stereocenters. The molecule has 1 aromatic heterocycles. The first-order valence-corrected chi connectivity index (χ1v) is 14.8. The molecule has 4 N–H and O–H groups in total. The lowest BCUT2D eigenvalue weighted by Crippen LogP contribution is -2.66. The van der Waals surface area contributed by atoms with E-state index < -0.39 is 17.9 Å². The Kier molecular flexibility index (Phi) is 7.07. The summed E-state index contributed by atoms with van der Waals surface area (Å²) in [5, 5.41) is 30.4. The molecule has 6 rings (SSSR count). The lowest BCUT2D eigenvalue weighted by atomic mass is 9.78. The average Bonchev–Trinajstić information content (AvgIpc) is 3.74. The smallest absolute Gasteiger partial charge is 0.353 e. The highest BCUT2D eigenvalue weighted by molar-refractivity contribution is 8.03. The van der Waals surface area contributed by atoms with Crippen LogP contribution in [0.1, 0.15) is 33.1 Å². The molecular weight excluding hydrogens is 538 g/mol. The second-order valence-corrected chi connectivity index (χ2v) is 13.1. The van der Waals surface area contributed by atoms with E-state index in [0.29, 0.717) is 17.9 Å². The van der Waals surface area contributed by atoms with Gasteiger partial charge in [0.25, 0.3) is 0 Å². The molecule has 5 aliphatic rings. The number of thioether (sulfide) groups is 1. The minimum atomic E-state index is -1.13. The van der Waals surface area contributed by atoms with Crippen LogP contribution >= 0.6 is 11.8 Å². The Morgan fingerprint density at radius 2 is 2.15 bits per heavy atom. The van der Waals surface area contributed by atoms with E-state index in [4.69, 9.17) is 0 Å². The molecule has 7 atom stereocenters. The van der Waals surface area contributed by atoms with E-state index >= 15 is 0 Å². The van der Waals surface area contributed by atoms with Crippen LogP contribution in [0.5, 0.6) is 0 Å². The molecule has 216 valence electrons. The van der Waals surface area contributed by atoms with Crippen LogP contribution in [0.2, 0.25) is 0 Å². The number of fused-ring (bicyclic) bond motifs is 1. The molecule has 6 heterocycles. The van der Waals surface area contributed by atoms with Crippen LogP contribution < -0.4 is 16.0 Å². The fraction of sp³-hybridized carbons (Fsp3) is 0.720. The number of carbonyl (C=O) groups is 4. The van der Waals surface area contributed by atoms with Crippen molar-refractivity contribution in [2.75, 3.05) is 32.7 Å². The Balaban J connectivity index is 1.08. The Morgan fingerprint density at radius 3 is 2.85 bits per heavy atom. The van der Waals surface area contributed by atoms with Gasteiger partial charge in [-0.25, -0.2) is 9.48 Å². The van der Waals surface area contributed by atoms with Gasteiger partial charge in [-0.15, -0.1) is 16.9 Å². The minimum Gasteiger partial charge on any atom is -0.477 e. The number of nitrogens with one attached hydrogen (secondary N) is 3. The first kappa shape index (κ1) is 27.1. The highest BCUT2D eigenvalue weighted by atomic mass is 32.2. The number of hydrogen-bond acceptors (Lipinski definition) is 10. The monoisotopic (exact) mass is 573 g/mol. The maximum absolute atomic E-state index is 13.3. The van der Waals surface area contributed by atoms with E-state index in [-0.39, 0.29) is 58.6 Å². The summed E-state index contributed by atoms with van der Waals surface area (Å²) in [5.41, 5.74) is 0.241. The number of aromatic nitrogens is 4. The second kappa shape index (κ2) is 10.4. The highest BCUT2D eigenvalue weighted by Crippen LogP contribution is 2.52. The maximum atomic E-state index is 13.3. The van der Waals surface area contributed by atoms with Crippen molar-refractivity contribution >= 4 is 35.5 Å². The molecule has 0 aliphatic carbocycles. The Bertz CT molecular complexity index is 1230. The van der Waals surface area contributed by atoms with Crippen LogP contribution in [0.4, 0.5) is 0 Å². The van der Waals surface area contributed by atoms with Crippen molar-refractivity contribution in [2.24, 2.45) is 17.3 Å². The Labute approximate surface area is 235 Å². The highest BCUT2D eigenvalue weighted by Gasteiger charge is 2.60. The van der Waals surface area contributed by atoms with Gasteiger partial charge in [0.1, 0.15) is 18.6 Å². The van der Waals surface area contributed by atoms with E-state index in [1.165, 1.54) is 27.7 Å². The molecule has 0 bridgehead atoms. The van der Waals surface area contributed by atoms with Crippen LogP contribution in [0, 0.1) is 17.3 Å². The predicted octanol–water partition coefficient (Wildman–Crippen LogP) is -1.37. The van der Waals surface area contributed by atoms with Gasteiger partial charge in [-0.1, -0.05) is 6.92 Å². The van der Waals surface area contributed by atoms with Gasteiger partial charge in [-0.05, 0) is 43.2 Å². The number of carboxylic acids is 1. The maximum Gasteiger partial charge on any atom is 0.353 e. The topological polar surface area (TPSA) is 175 Å². The lowest BCUT2D eigenvalue weighted by Gasteiger charge is -2.47. The number of carboxylic acid groups (broad SMARTS) is 1. The van der Waals surface area contributed by atoms with Gasteiger partial charge >= 0.3 is 5.97 Å². The molecular formula is C25H35N9O5S. The number of carbonyl (C=O) groups excluding carboxylic acids is 3. The second-order valence-electron chi connectivity index (χ2n) is 11.8. The predicted molar refractivity (Wildman–Crippen MR) is 142 cm³/mol. The zero-order valence-electron chi connectivity index (χ0n) is 22.6. The molecule has 3 amide bonds. The van der Waals surface area contributed by atoms with E-state index in [1.807, 2.05) is 11.8 Å². The molecule has 5 aliphatic heterocycles. The molecule has 1 spiro atoms. The standard InChI is InChI=1S/C25H35N9O5S/c1-13-19-18(14(2)29-17(35)9-33-12-28-30-31-33)23(37)34(19)20(24(38)39)21(13)40-15-7-16(27-8-15)22(36)32-6-4-25(11-32)3-5-26-10-25/h12-16,18-19,26-27H,3-11H2,1-2H3,(H,29,35)(H,38,39)/t13-,14?,15+,16+,18-,19-,25?/m1/s1. The molecule has 14 nitrogen and oxygen atoms in total. The fourth-order valence-electron chi connectivity index (χ4n) is 7.13. The summed E-state index contributed by atoms with van der Waals surface area (Å²) in [6, 6.07) is -1.12. The Hall–Kier alpha value is -3.04. The number of β-lactam (4-membered cyclic amide) rings is 1. The number of likely N-dealkylation sites (tertiary alicyclic amines) is 1. The van der Waals surface area contributed by atoms with Crippen molar-refractivity contribution in [2.45, 2.75) is 63.0 Å². The third-order valence-electron chi connectivity index (χ3n) is 9.18. The van der Waals surface area contributed by atoms with Crippen LogP contribution in [0.3, 0.4) is 0 Å². The summed E-state index contributed by atoms with van der Waals surface area (Å²) < 4.78 is 1.29. The molecule has 1 aromatic rings. The van der Waals surface area contributed by atoms with Crippen molar-refractivity contribution in [1.29, 1.82) is 0 Å². The SMILES string of the molecule is CC(NC(=O)Cn1cnnn1)[C@H]1C(=O)N2C(C(=O)O)=C(S[C@@H]3CN[C@H](C(=O)N4CCC5(CCNC5)C4)C3)[C@H](C)[C@H]12. The summed E-state index contributed by atoms with van der Waals surface area (Å²) in [5.74, 6) is -2.39. The van der Waals surface area contributed by atoms with Crippen molar-refractivity contribution in [3.8, 4) is 0 Å². The van der Waals surface area contributed by atoms with Gasteiger partial charge in [0.05, 0.1) is 18.0 Å². The molecule has 0 aromatic carbocycles. The molecule has 4 saturated heterocycles. The zero-order valence-corrected chi connectivity index (χ0v) is 23.4. The van der Waals surface area contributed by atoms with Gasteiger partial charge in [0, 0.05) is 53.7 Å². The molecule has 40 heavy (non-hydrogen) atoms. The van der Waals surface area contributed by atoms with Crippen LogP contribution in [-0.2, 0) is 25.7 Å². The van der Waals surface area contributed by atoms with Gasteiger partial charge in [-0.2, -0.15) is 0 Å². The summed E-state index contributed by atoms with van der Waals surface area (Å²) in [7, 11) is 0. The number of hydrogen-bond donors (Lipinski definition) is 4. The summed E-state index contributed by atoms with van der Waals surface area (Å²) in [6.07, 6.45) is 4.08. The third-order valence-corrected chi connectivity index (χ3v) is 10.7. The largest absolute Gasteiger partial charge is 0.477 e.